The van der Waals surface area contributed by atoms with E-state index < -0.39 is 0 Å². The molecule has 1 N–H and O–H groups in total. The lowest BCUT2D eigenvalue weighted by Gasteiger charge is -2.30. The molecule has 96 valence electrons. The van der Waals surface area contributed by atoms with Crippen molar-refractivity contribution >= 4 is 0 Å². The molecule has 0 aromatic rings. The summed E-state index contributed by atoms with van der Waals surface area (Å²) in [5, 5.41) is 3.32. The fourth-order valence-corrected chi connectivity index (χ4v) is 1.87. The molecule has 0 fully saturated rings. The van der Waals surface area contributed by atoms with Gasteiger partial charge >= 0.3 is 0 Å². The van der Waals surface area contributed by atoms with Crippen LogP contribution in [0.2, 0.25) is 0 Å². The van der Waals surface area contributed by atoms with Gasteiger partial charge < -0.3 is 10.2 Å². The Hall–Kier alpha value is -0.380. The second kappa shape index (κ2) is 8.74. The molecule has 0 bridgehead atoms. The van der Waals surface area contributed by atoms with Crippen molar-refractivity contribution in [1.82, 2.24) is 15.1 Å². The predicted molar refractivity (Wildman–Crippen MR) is 72.9 cm³/mol. The molecule has 0 rings (SSSR count). The number of nitrogens with zero attached hydrogens (tertiary/aromatic N) is 2. The van der Waals surface area contributed by atoms with Gasteiger partial charge in [0.1, 0.15) is 0 Å². The Balaban J connectivity index is 4.02. The van der Waals surface area contributed by atoms with E-state index in [1.54, 1.807) is 0 Å². The smallest absolute Gasteiger partial charge is 0.0206 e. The van der Waals surface area contributed by atoms with Gasteiger partial charge in [-0.2, -0.15) is 0 Å². The summed E-state index contributed by atoms with van der Waals surface area (Å²) in [6.45, 7) is 15.9. The van der Waals surface area contributed by atoms with Gasteiger partial charge in [-0.15, -0.1) is 0 Å². The molecular formula is C13H29N3. The highest BCUT2D eigenvalue weighted by Gasteiger charge is 2.13. The molecule has 0 spiro atoms. The Bertz CT molecular complexity index is 190. The van der Waals surface area contributed by atoms with Gasteiger partial charge in [0.25, 0.3) is 0 Å². The van der Waals surface area contributed by atoms with Crippen LogP contribution in [-0.2, 0) is 0 Å². The summed E-state index contributed by atoms with van der Waals surface area (Å²) in [6.07, 6.45) is 0. The van der Waals surface area contributed by atoms with Crippen LogP contribution in [0.3, 0.4) is 0 Å². The van der Waals surface area contributed by atoms with E-state index in [9.17, 15) is 0 Å². The third-order valence-corrected chi connectivity index (χ3v) is 2.71. The molecule has 1 unspecified atom stereocenters. The fraction of sp³-hybridized carbons (Fsp3) is 0.846. The molecule has 3 heteroatoms. The van der Waals surface area contributed by atoms with Crippen LogP contribution in [0, 0.1) is 0 Å². The first kappa shape index (κ1) is 15.6. The van der Waals surface area contributed by atoms with Crippen molar-refractivity contribution < 1.29 is 0 Å². The fourth-order valence-electron chi connectivity index (χ4n) is 1.87. The van der Waals surface area contributed by atoms with Gasteiger partial charge in [0.05, 0.1) is 0 Å². The maximum Gasteiger partial charge on any atom is 0.0206 e. The first-order valence-corrected chi connectivity index (χ1v) is 6.27. The molecule has 1 atom stereocenters. The average molecular weight is 227 g/mol. The maximum absolute atomic E-state index is 4.12. The van der Waals surface area contributed by atoms with E-state index in [2.05, 4.69) is 56.6 Å². The second-order valence-corrected chi connectivity index (χ2v) is 4.70. The lowest BCUT2D eigenvalue weighted by atomic mass is 10.2. The van der Waals surface area contributed by atoms with E-state index >= 15 is 0 Å². The van der Waals surface area contributed by atoms with E-state index in [1.165, 1.54) is 5.57 Å². The van der Waals surface area contributed by atoms with E-state index in [0.717, 1.165) is 32.7 Å². The Kier molecular flexibility index (Phi) is 8.53. The van der Waals surface area contributed by atoms with Crippen molar-refractivity contribution in [2.24, 2.45) is 0 Å². The molecule has 0 aliphatic heterocycles. The quantitative estimate of drug-likeness (QED) is 0.601. The molecule has 3 nitrogen and oxygen atoms in total. The Labute approximate surface area is 101 Å². The Morgan fingerprint density at radius 2 is 1.94 bits per heavy atom. The van der Waals surface area contributed by atoms with Crippen molar-refractivity contribution in [1.29, 1.82) is 0 Å². The van der Waals surface area contributed by atoms with Gasteiger partial charge in [-0.3, -0.25) is 4.90 Å². The van der Waals surface area contributed by atoms with Crippen molar-refractivity contribution in [2.75, 3.05) is 46.8 Å². The lowest BCUT2D eigenvalue weighted by Crippen LogP contribution is -2.41. The summed E-state index contributed by atoms with van der Waals surface area (Å²) in [6, 6.07) is 0.582. The number of hydrogen-bond donors (Lipinski definition) is 1. The van der Waals surface area contributed by atoms with Crippen LogP contribution < -0.4 is 5.32 Å². The van der Waals surface area contributed by atoms with Gasteiger partial charge in [-0.05, 0) is 39.7 Å². The van der Waals surface area contributed by atoms with Gasteiger partial charge in [-0.1, -0.05) is 20.4 Å². The molecule has 0 saturated carbocycles. The summed E-state index contributed by atoms with van der Waals surface area (Å²) in [4.78, 5) is 4.71. The van der Waals surface area contributed by atoms with Crippen LogP contribution in [-0.4, -0.2) is 62.7 Å². The molecular weight excluding hydrogens is 198 g/mol. The first-order valence-electron chi connectivity index (χ1n) is 6.27. The van der Waals surface area contributed by atoms with Crippen molar-refractivity contribution in [3.05, 3.63) is 12.2 Å². The van der Waals surface area contributed by atoms with E-state index in [0.29, 0.717) is 6.04 Å². The monoisotopic (exact) mass is 227 g/mol. The van der Waals surface area contributed by atoms with Crippen molar-refractivity contribution in [3.8, 4) is 0 Å². The SMILES string of the molecule is C=C(CNCC)CN(CC)C(C)CN(C)C. The largest absolute Gasteiger partial charge is 0.313 e. The molecule has 0 aliphatic carbocycles. The van der Waals surface area contributed by atoms with Crippen LogP contribution >= 0.6 is 0 Å². The van der Waals surface area contributed by atoms with Gasteiger partial charge in [0.15, 0.2) is 0 Å². The predicted octanol–water partition coefficient (Wildman–Crippen LogP) is 1.42. The molecule has 0 aromatic heterocycles. The third-order valence-electron chi connectivity index (χ3n) is 2.71. The summed E-state index contributed by atoms with van der Waals surface area (Å²) in [5.41, 5.74) is 1.27. The number of rotatable bonds is 9. The highest BCUT2D eigenvalue weighted by Crippen LogP contribution is 2.03. The second-order valence-electron chi connectivity index (χ2n) is 4.70. The first-order chi connectivity index (χ1) is 7.51. The van der Waals surface area contributed by atoms with Crippen molar-refractivity contribution in [3.63, 3.8) is 0 Å². The van der Waals surface area contributed by atoms with Crippen LogP contribution in [0.15, 0.2) is 12.2 Å². The summed E-state index contributed by atoms with van der Waals surface area (Å²) >= 11 is 0. The average Bonchev–Trinajstić information content (AvgIpc) is 2.21. The standard InChI is InChI=1S/C13H29N3/c1-7-14-9-12(3)10-16(8-2)13(4)11-15(5)6/h13-14H,3,7-11H2,1-2,4-6H3. The topological polar surface area (TPSA) is 18.5 Å². The third kappa shape index (κ3) is 6.99. The molecule has 0 saturated heterocycles. The van der Waals surface area contributed by atoms with Gasteiger partial charge in [0, 0.05) is 25.7 Å². The van der Waals surface area contributed by atoms with Gasteiger partial charge in [0.2, 0.25) is 0 Å². The lowest BCUT2D eigenvalue weighted by molar-refractivity contribution is 0.194. The highest BCUT2D eigenvalue weighted by atomic mass is 15.2. The summed E-state index contributed by atoms with van der Waals surface area (Å²) < 4.78 is 0. The molecule has 0 aromatic carbocycles. The number of nitrogens with one attached hydrogen (secondary N) is 1. The zero-order valence-corrected chi connectivity index (χ0v) is 11.7. The van der Waals surface area contributed by atoms with E-state index in [4.69, 9.17) is 0 Å². The van der Waals surface area contributed by atoms with E-state index in [-0.39, 0.29) is 0 Å². The zero-order valence-electron chi connectivity index (χ0n) is 11.7. The number of likely N-dealkylation sites (N-methyl/N-ethyl adjacent to an activating group) is 3. The molecule has 0 aliphatic rings. The highest BCUT2D eigenvalue weighted by molar-refractivity contribution is 5.00. The van der Waals surface area contributed by atoms with Crippen LogP contribution in [0.4, 0.5) is 0 Å². The van der Waals surface area contributed by atoms with E-state index in [1.807, 2.05) is 0 Å². The van der Waals surface area contributed by atoms with Crippen LogP contribution in [0.25, 0.3) is 0 Å². The Morgan fingerprint density at radius 3 is 2.38 bits per heavy atom. The molecule has 0 heterocycles. The molecule has 0 radical (unpaired) electrons. The molecule has 16 heavy (non-hydrogen) atoms. The van der Waals surface area contributed by atoms with Crippen LogP contribution in [0.5, 0.6) is 0 Å². The number of hydrogen-bond acceptors (Lipinski definition) is 3. The minimum absolute atomic E-state index is 0.582. The summed E-state index contributed by atoms with van der Waals surface area (Å²) in [5.74, 6) is 0. The normalized spacial score (nSPS) is 13.4. The minimum atomic E-state index is 0.582. The summed E-state index contributed by atoms with van der Waals surface area (Å²) in [7, 11) is 4.25. The minimum Gasteiger partial charge on any atom is -0.313 e. The van der Waals surface area contributed by atoms with Gasteiger partial charge in [-0.25, -0.2) is 0 Å². The van der Waals surface area contributed by atoms with Crippen LogP contribution in [0.1, 0.15) is 20.8 Å². The molecule has 0 amide bonds. The van der Waals surface area contributed by atoms with Crippen molar-refractivity contribution in [2.45, 2.75) is 26.8 Å². The maximum atomic E-state index is 4.12. The zero-order chi connectivity index (χ0) is 12.6. The Morgan fingerprint density at radius 1 is 1.31 bits per heavy atom.